The van der Waals surface area contributed by atoms with Crippen molar-refractivity contribution < 1.29 is 20.1 Å². The second kappa shape index (κ2) is 45.8. The highest BCUT2D eigenvalue weighted by molar-refractivity contribution is 5.76. The molecule has 0 fully saturated rings. The molecule has 0 aromatic carbocycles. The Morgan fingerprint density at radius 2 is 0.727 bits per heavy atom. The summed E-state index contributed by atoms with van der Waals surface area (Å²) < 4.78 is 0. The molecule has 3 unspecified atom stereocenters. The molecule has 0 saturated heterocycles. The Morgan fingerprint density at radius 3 is 1.05 bits per heavy atom. The lowest BCUT2D eigenvalue weighted by atomic mass is 9.99. The highest BCUT2D eigenvalue weighted by Crippen LogP contribution is 2.17. The Labute approximate surface area is 344 Å². The number of allylic oxidation sites excluding steroid dienone is 2. The second-order valence-corrected chi connectivity index (χ2v) is 17.4. The molecule has 5 heteroatoms. The largest absolute Gasteiger partial charge is 0.394 e. The number of amides is 1. The molecule has 0 aliphatic carbocycles. The molecule has 55 heavy (non-hydrogen) atoms. The highest BCUT2D eigenvalue weighted by Gasteiger charge is 2.26. The molecule has 1 amide bonds. The van der Waals surface area contributed by atoms with Crippen LogP contribution in [-0.4, -0.2) is 46.1 Å². The number of aliphatic hydroxyl groups is 3. The maximum atomic E-state index is 12.5. The molecule has 0 saturated carbocycles. The smallest absolute Gasteiger partial charge is 0.220 e. The number of hydrogen-bond acceptors (Lipinski definition) is 4. The number of aliphatic hydroxyl groups excluding tert-OH is 3. The van der Waals surface area contributed by atoms with Gasteiger partial charge in [0, 0.05) is 6.42 Å². The zero-order valence-electron chi connectivity index (χ0n) is 37.3. The first-order valence-corrected chi connectivity index (χ1v) is 25.0. The van der Waals surface area contributed by atoms with E-state index < -0.39 is 18.2 Å². The Morgan fingerprint density at radius 1 is 0.436 bits per heavy atom. The van der Waals surface area contributed by atoms with Gasteiger partial charge in [0.15, 0.2) is 0 Å². The van der Waals surface area contributed by atoms with Crippen LogP contribution in [0.4, 0.5) is 0 Å². The standard InChI is InChI=1S/C50H99NO4/c1-3-5-7-9-11-13-15-17-19-21-22-23-24-25-26-27-29-31-33-35-37-39-41-43-45-49(54)51-47(46-52)50(55)48(53)44-42-40-38-36-34-32-30-28-20-18-16-14-12-10-8-6-4-2/h25-26,47-48,50,52-53,55H,3-24,27-46H2,1-2H3,(H,51,54)/b26-25-. The zero-order valence-corrected chi connectivity index (χ0v) is 37.3. The van der Waals surface area contributed by atoms with E-state index in [1.165, 1.54) is 212 Å². The molecule has 4 N–H and O–H groups in total. The molecule has 0 spiro atoms. The van der Waals surface area contributed by atoms with E-state index >= 15 is 0 Å². The molecule has 0 radical (unpaired) electrons. The lowest BCUT2D eigenvalue weighted by Crippen LogP contribution is -2.50. The SMILES string of the molecule is CCCCCCCCCCCCCC/C=C\CCCCCCCCCCC(=O)NC(CO)C(O)C(O)CCCCCCCCCCCCCCCCCCC. The minimum atomic E-state index is -1.13. The van der Waals surface area contributed by atoms with Crippen LogP contribution >= 0.6 is 0 Å². The van der Waals surface area contributed by atoms with Gasteiger partial charge in [0.25, 0.3) is 0 Å². The summed E-state index contributed by atoms with van der Waals surface area (Å²) in [5.74, 6) is -0.144. The number of carbonyl (C=O) groups excluding carboxylic acids is 1. The van der Waals surface area contributed by atoms with Crippen molar-refractivity contribution in [3.8, 4) is 0 Å². The predicted molar refractivity (Wildman–Crippen MR) is 241 cm³/mol. The van der Waals surface area contributed by atoms with E-state index in [-0.39, 0.29) is 12.5 Å². The van der Waals surface area contributed by atoms with Crippen LogP contribution in [0, 0.1) is 0 Å². The summed E-state index contributed by atoms with van der Waals surface area (Å²) >= 11 is 0. The van der Waals surface area contributed by atoms with Gasteiger partial charge in [-0.15, -0.1) is 0 Å². The second-order valence-electron chi connectivity index (χ2n) is 17.4. The van der Waals surface area contributed by atoms with Gasteiger partial charge in [0.05, 0.1) is 18.8 Å². The number of rotatable bonds is 46. The molecule has 0 aromatic rings. The van der Waals surface area contributed by atoms with E-state index in [4.69, 9.17) is 0 Å². The summed E-state index contributed by atoms with van der Waals surface area (Å²) in [5.41, 5.74) is 0. The molecule has 328 valence electrons. The van der Waals surface area contributed by atoms with Crippen molar-refractivity contribution >= 4 is 5.91 Å². The van der Waals surface area contributed by atoms with E-state index in [9.17, 15) is 20.1 Å². The van der Waals surface area contributed by atoms with Gasteiger partial charge in [0.1, 0.15) is 6.10 Å². The molecule has 3 atom stereocenters. The van der Waals surface area contributed by atoms with Gasteiger partial charge in [-0.2, -0.15) is 0 Å². The molecule has 0 aliphatic heterocycles. The third-order valence-electron chi connectivity index (χ3n) is 11.9. The molecule has 5 nitrogen and oxygen atoms in total. The molecular formula is C50H99NO4. The maximum absolute atomic E-state index is 12.5. The van der Waals surface area contributed by atoms with Crippen LogP contribution in [-0.2, 0) is 4.79 Å². The fourth-order valence-corrected chi connectivity index (χ4v) is 7.98. The Hall–Kier alpha value is -0.910. The number of nitrogens with one attached hydrogen (secondary N) is 1. The average Bonchev–Trinajstić information content (AvgIpc) is 3.19. The van der Waals surface area contributed by atoms with Gasteiger partial charge in [-0.25, -0.2) is 0 Å². The first kappa shape index (κ1) is 54.1. The summed E-state index contributed by atoms with van der Waals surface area (Å²) in [7, 11) is 0. The fourth-order valence-electron chi connectivity index (χ4n) is 7.98. The minimum Gasteiger partial charge on any atom is -0.394 e. The van der Waals surface area contributed by atoms with Crippen LogP contribution in [0.2, 0.25) is 0 Å². The van der Waals surface area contributed by atoms with Gasteiger partial charge < -0.3 is 20.6 Å². The number of carbonyl (C=O) groups is 1. The molecule has 0 aromatic heterocycles. The van der Waals surface area contributed by atoms with E-state index in [1.54, 1.807) is 0 Å². The van der Waals surface area contributed by atoms with Crippen LogP contribution < -0.4 is 5.32 Å². The fraction of sp³-hybridized carbons (Fsp3) is 0.940. The molecule has 0 heterocycles. The van der Waals surface area contributed by atoms with Crippen LogP contribution in [0.25, 0.3) is 0 Å². The summed E-state index contributed by atoms with van der Waals surface area (Å²) in [6.07, 6.45) is 54.8. The zero-order chi connectivity index (χ0) is 40.1. The van der Waals surface area contributed by atoms with Gasteiger partial charge in [0.2, 0.25) is 5.91 Å². The van der Waals surface area contributed by atoms with Gasteiger partial charge in [-0.1, -0.05) is 244 Å². The quantitative estimate of drug-likeness (QED) is 0.0366. The third-order valence-corrected chi connectivity index (χ3v) is 11.9. The first-order valence-electron chi connectivity index (χ1n) is 25.0. The topological polar surface area (TPSA) is 89.8 Å². The van der Waals surface area contributed by atoms with Crippen molar-refractivity contribution in [1.29, 1.82) is 0 Å². The van der Waals surface area contributed by atoms with Gasteiger partial charge in [-0.3, -0.25) is 4.79 Å². The lowest BCUT2D eigenvalue weighted by molar-refractivity contribution is -0.124. The highest BCUT2D eigenvalue weighted by atomic mass is 16.3. The Balaban J connectivity index is 3.56. The monoisotopic (exact) mass is 778 g/mol. The predicted octanol–water partition coefficient (Wildman–Crippen LogP) is 14.8. The third kappa shape index (κ3) is 41.1. The van der Waals surface area contributed by atoms with Crippen molar-refractivity contribution in [3.63, 3.8) is 0 Å². The Bertz CT molecular complexity index is 773. The first-order chi connectivity index (χ1) is 27.1. The molecular weight excluding hydrogens is 679 g/mol. The van der Waals surface area contributed by atoms with Crippen molar-refractivity contribution in [3.05, 3.63) is 12.2 Å². The molecule has 0 aliphatic rings. The number of hydrogen-bond donors (Lipinski definition) is 4. The normalized spacial score (nSPS) is 13.5. The van der Waals surface area contributed by atoms with E-state index in [1.807, 2.05) is 0 Å². The summed E-state index contributed by atoms with van der Waals surface area (Å²) in [4.78, 5) is 12.5. The van der Waals surface area contributed by atoms with Crippen LogP contribution in [0.1, 0.15) is 277 Å². The summed E-state index contributed by atoms with van der Waals surface area (Å²) in [6, 6.07) is -0.808. The minimum absolute atomic E-state index is 0.144. The van der Waals surface area contributed by atoms with E-state index in [0.717, 1.165) is 38.5 Å². The molecule has 0 bridgehead atoms. The van der Waals surface area contributed by atoms with Gasteiger partial charge in [-0.05, 0) is 38.5 Å². The van der Waals surface area contributed by atoms with Crippen molar-refractivity contribution in [1.82, 2.24) is 5.32 Å². The van der Waals surface area contributed by atoms with Crippen molar-refractivity contribution in [2.45, 2.75) is 295 Å². The van der Waals surface area contributed by atoms with Crippen LogP contribution in [0.5, 0.6) is 0 Å². The Kier molecular flexibility index (Phi) is 45.0. The van der Waals surface area contributed by atoms with Crippen LogP contribution in [0.15, 0.2) is 12.2 Å². The summed E-state index contributed by atoms with van der Waals surface area (Å²) in [6.45, 7) is 4.21. The lowest BCUT2D eigenvalue weighted by Gasteiger charge is -2.26. The van der Waals surface area contributed by atoms with E-state index in [0.29, 0.717) is 12.8 Å². The van der Waals surface area contributed by atoms with E-state index in [2.05, 4.69) is 31.3 Å². The van der Waals surface area contributed by atoms with Gasteiger partial charge >= 0.3 is 0 Å². The number of unbranched alkanes of at least 4 members (excludes halogenated alkanes) is 36. The average molecular weight is 778 g/mol. The maximum Gasteiger partial charge on any atom is 0.220 e. The summed E-state index contributed by atoms with van der Waals surface area (Å²) in [5, 5.41) is 33.7. The van der Waals surface area contributed by atoms with Crippen LogP contribution in [0.3, 0.4) is 0 Å². The molecule has 0 rings (SSSR count). The van der Waals surface area contributed by atoms with Crippen molar-refractivity contribution in [2.24, 2.45) is 0 Å². The van der Waals surface area contributed by atoms with Crippen molar-refractivity contribution in [2.75, 3.05) is 6.61 Å².